The number of thiophene rings is 6. The first kappa shape index (κ1) is 21.7. The van der Waals surface area contributed by atoms with Crippen LogP contribution in [0, 0.1) is 20.8 Å². The first-order valence-electron chi connectivity index (χ1n) is 10.6. The van der Waals surface area contributed by atoms with E-state index in [2.05, 4.69) is 87.5 Å². The molecule has 0 bridgehead atoms. The molecule has 6 heteroatoms. The molecular formula is C27H20S6. The summed E-state index contributed by atoms with van der Waals surface area (Å²) in [6, 6.07) is 24.9. The summed E-state index contributed by atoms with van der Waals surface area (Å²) in [6.07, 6.45) is 0. The van der Waals surface area contributed by atoms with Crippen LogP contribution in [0.2, 0.25) is 0 Å². The van der Waals surface area contributed by atoms with E-state index in [0.29, 0.717) is 0 Å². The van der Waals surface area contributed by atoms with E-state index < -0.39 is 0 Å². The molecule has 6 rings (SSSR count). The van der Waals surface area contributed by atoms with Crippen LogP contribution in [0.4, 0.5) is 0 Å². The fourth-order valence-electron chi connectivity index (χ4n) is 3.78. The number of hydrogen-bond donors (Lipinski definition) is 0. The van der Waals surface area contributed by atoms with Crippen LogP contribution in [0.1, 0.15) is 15.3 Å². The van der Waals surface area contributed by atoms with E-state index in [4.69, 9.17) is 0 Å². The Morgan fingerprint density at radius 1 is 0.364 bits per heavy atom. The third-order valence-corrected chi connectivity index (χ3v) is 12.9. The lowest BCUT2D eigenvalue weighted by Crippen LogP contribution is -1.66. The molecule has 33 heavy (non-hydrogen) atoms. The van der Waals surface area contributed by atoms with Crippen molar-refractivity contribution >= 4 is 68.0 Å². The summed E-state index contributed by atoms with van der Waals surface area (Å²) >= 11 is 11.4. The minimum absolute atomic E-state index is 1.35. The van der Waals surface area contributed by atoms with Crippen LogP contribution in [0.15, 0.2) is 66.7 Å². The Bertz CT molecular complexity index is 1560. The van der Waals surface area contributed by atoms with Gasteiger partial charge in [-0.15, -0.1) is 68.0 Å². The predicted octanol–water partition coefficient (Wildman–Crippen LogP) is 11.3. The van der Waals surface area contributed by atoms with Crippen LogP contribution in [-0.4, -0.2) is 0 Å². The van der Waals surface area contributed by atoms with Crippen molar-refractivity contribution in [2.24, 2.45) is 0 Å². The lowest BCUT2D eigenvalue weighted by atomic mass is 10.2. The molecule has 0 saturated heterocycles. The number of rotatable bonds is 5. The molecule has 0 spiro atoms. The average Bonchev–Trinajstić information content (AvgIpc) is 3.59. The summed E-state index contributed by atoms with van der Waals surface area (Å²) in [5.41, 5.74) is 1.37. The predicted molar refractivity (Wildman–Crippen MR) is 155 cm³/mol. The Labute approximate surface area is 218 Å². The van der Waals surface area contributed by atoms with Gasteiger partial charge >= 0.3 is 0 Å². The van der Waals surface area contributed by atoms with E-state index in [1.54, 1.807) is 0 Å². The zero-order valence-electron chi connectivity index (χ0n) is 18.3. The smallest absolute Gasteiger partial charge is 0.0478 e. The Hall–Kier alpha value is -1.80. The van der Waals surface area contributed by atoms with Crippen LogP contribution in [0.25, 0.3) is 48.8 Å². The molecule has 6 aromatic heterocycles. The average molecular weight is 537 g/mol. The monoisotopic (exact) mass is 536 g/mol. The normalized spacial score (nSPS) is 11.5. The summed E-state index contributed by atoms with van der Waals surface area (Å²) in [4.78, 5) is 16.4. The Balaban J connectivity index is 1.26. The molecule has 0 unspecified atom stereocenters. The number of aryl methyl sites for hydroxylation is 3. The maximum absolute atomic E-state index is 2.34. The van der Waals surface area contributed by atoms with Crippen LogP contribution < -0.4 is 0 Å². The van der Waals surface area contributed by atoms with E-state index in [1.807, 2.05) is 68.0 Å². The molecule has 6 heterocycles. The van der Waals surface area contributed by atoms with Gasteiger partial charge in [0.25, 0.3) is 0 Å². The molecule has 0 aliphatic rings. The third-order valence-electron chi connectivity index (χ3n) is 5.41. The molecule has 0 aliphatic carbocycles. The Morgan fingerprint density at radius 2 is 0.727 bits per heavy atom. The summed E-state index contributed by atoms with van der Waals surface area (Å²) < 4.78 is 0. The van der Waals surface area contributed by atoms with Crippen LogP contribution >= 0.6 is 68.0 Å². The fraction of sp³-hybridized carbons (Fsp3) is 0.111. The molecule has 0 amide bonds. The molecule has 0 fully saturated rings. The molecule has 164 valence electrons. The van der Waals surface area contributed by atoms with Crippen molar-refractivity contribution in [3.63, 3.8) is 0 Å². The van der Waals surface area contributed by atoms with E-state index in [-0.39, 0.29) is 0 Å². The van der Waals surface area contributed by atoms with Crippen LogP contribution in [0.5, 0.6) is 0 Å². The minimum atomic E-state index is 1.35. The molecule has 0 nitrogen and oxygen atoms in total. The van der Waals surface area contributed by atoms with Crippen LogP contribution in [0.3, 0.4) is 0 Å². The van der Waals surface area contributed by atoms with Crippen LogP contribution in [-0.2, 0) is 0 Å². The van der Waals surface area contributed by atoms with Gasteiger partial charge in [0.1, 0.15) is 0 Å². The van der Waals surface area contributed by atoms with E-state index >= 15 is 0 Å². The Kier molecular flexibility index (Phi) is 5.77. The highest BCUT2D eigenvalue weighted by Crippen LogP contribution is 2.46. The largest absolute Gasteiger partial charge is 0.140 e. The summed E-state index contributed by atoms with van der Waals surface area (Å²) in [5, 5.41) is 0. The fourth-order valence-corrected chi connectivity index (χ4v) is 10.2. The highest BCUT2D eigenvalue weighted by atomic mass is 32.1. The molecule has 0 radical (unpaired) electrons. The van der Waals surface area contributed by atoms with E-state index in [1.165, 1.54) is 64.1 Å². The molecule has 0 atom stereocenters. The second-order valence-electron chi connectivity index (χ2n) is 7.94. The topological polar surface area (TPSA) is 0 Å². The second kappa shape index (κ2) is 8.77. The first-order valence-corrected chi connectivity index (χ1v) is 15.5. The van der Waals surface area contributed by atoms with Gasteiger partial charge in [-0.2, -0.15) is 0 Å². The van der Waals surface area contributed by atoms with Crippen molar-refractivity contribution in [1.29, 1.82) is 0 Å². The molecule has 0 aromatic carbocycles. The van der Waals surface area contributed by atoms with Gasteiger partial charge in [-0.1, -0.05) is 0 Å². The summed E-state index contributed by atoms with van der Waals surface area (Å²) in [6.45, 7) is 6.59. The highest BCUT2D eigenvalue weighted by molar-refractivity contribution is 7.30. The SMILES string of the molecule is Cc1ccc(-c2ccc(-c3ccc(-c4ccc(-c5sc(-c6ccc(C)s6)cc5C)s4)s3)s2)s1. The van der Waals surface area contributed by atoms with Gasteiger partial charge in [-0.25, -0.2) is 0 Å². The maximum Gasteiger partial charge on any atom is 0.0478 e. The summed E-state index contributed by atoms with van der Waals surface area (Å²) in [5.74, 6) is 0. The lowest BCUT2D eigenvalue weighted by Gasteiger charge is -1.94. The molecule has 0 N–H and O–H groups in total. The second-order valence-corrected chi connectivity index (χ2v) is 14.8. The van der Waals surface area contributed by atoms with Gasteiger partial charge in [-0.3, -0.25) is 0 Å². The maximum atomic E-state index is 2.34. The molecule has 0 saturated carbocycles. The standard InChI is InChI=1S/C27H20S6/c1-15-14-26(24-7-5-17(3)29-24)33-27(15)25-13-12-23(32-25)22-11-10-21(31-22)20-9-8-19(30-20)18-6-4-16(2)28-18/h4-14H,1-3H3. The first-order chi connectivity index (χ1) is 16.0. The van der Waals surface area contributed by atoms with Crippen molar-refractivity contribution in [3.8, 4) is 48.8 Å². The van der Waals surface area contributed by atoms with Crippen molar-refractivity contribution in [3.05, 3.63) is 82.0 Å². The van der Waals surface area contributed by atoms with Crippen molar-refractivity contribution in [2.45, 2.75) is 20.8 Å². The molecule has 6 aromatic rings. The zero-order chi connectivity index (χ0) is 22.5. The van der Waals surface area contributed by atoms with Gasteiger partial charge in [0, 0.05) is 58.5 Å². The van der Waals surface area contributed by atoms with Gasteiger partial charge in [0.2, 0.25) is 0 Å². The lowest BCUT2D eigenvalue weighted by molar-refractivity contribution is 1.56. The Morgan fingerprint density at radius 3 is 1.18 bits per heavy atom. The van der Waals surface area contributed by atoms with Crippen molar-refractivity contribution in [2.75, 3.05) is 0 Å². The van der Waals surface area contributed by atoms with Gasteiger partial charge in [-0.05, 0) is 93.1 Å². The highest BCUT2D eigenvalue weighted by Gasteiger charge is 2.15. The molecular weight excluding hydrogens is 517 g/mol. The van der Waals surface area contributed by atoms with E-state index in [0.717, 1.165) is 0 Å². The summed E-state index contributed by atoms with van der Waals surface area (Å²) in [7, 11) is 0. The third kappa shape index (κ3) is 4.25. The van der Waals surface area contributed by atoms with Gasteiger partial charge < -0.3 is 0 Å². The van der Waals surface area contributed by atoms with Gasteiger partial charge in [0.15, 0.2) is 0 Å². The van der Waals surface area contributed by atoms with Gasteiger partial charge in [0.05, 0.1) is 0 Å². The minimum Gasteiger partial charge on any atom is -0.140 e. The quantitative estimate of drug-likeness (QED) is 0.205. The van der Waals surface area contributed by atoms with Crippen molar-refractivity contribution < 1.29 is 0 Å². The van der Waals surface area contributed by atoms with E-state index in [9.17, 15) is 0 Å². The zero-order valence-corrected chi connectivity index (χ0v) is 23.2. The molecule has 0 aliphatic heterocycles. The van der Waals surface area contributed by atoms with Crippen molar-refractivity contribution in [1.82, 2.24) is 0 Å². The number of hydrogen-bond acceptors (Lipinski definition) is 6.